The Morgan fingerprint density at radius 1 is 1.29 bits per heavy atom. The zero-order valence-electron chi connectivity index (χ0n) is 16.2. The van der Waals surface area contributed by atoms with Crippen molar-refractivity contribution in [2.45, 2.75) is 41.9 Å². The number of nitrogens with one attached hydrogen (secondary N) is 1. The first kappa shape index (κ1) is 20.4. The summed E-state index contributed by atoms with van der Waals surface area (Å²) in [5, 5.41) is 33.0. The maximum absolute atomic E-state index is 13.6. The van der Waals surface area contributed by atoms with Crippen LogP contribution in [0.4, 0.5) is 16.2 Å². The van der Waals surface area contributed by atoms with E-state index in [9.17, 15) is 19.7 Å². The zero-order valence-corrected chi connectivity index (χ0v) is 17.0. The molecular formula is C19H21FN6O4S. The molecule has 3 aromatic rings. The van der Waals surface area contributed by atoms with Crippen LogP contribution in [0.15, 0.2) is 29.4 Å². The molecule has 0 saturated carbocycles. The molecule has 0 bridgehead atoms. The van der Waals surface area contributed by atoms with Gasteiger partial charge in [0.1, 0.15) is 29.6 Å². The second-order valence-electron chi connectivity index (χ2n) is 7.59. The van der Waals surface area contributed by atoms with Gasteiger partial charge in [-0.3, -0.25) is 4.57 Å². The lowest BCUT2D eigenvalue weighted by Crippen LogP contribution is -2.33. The Bertz CT molecular complexity index is 1130. The van der Waals surface area contributed by atoms with E-state index in [2.05, 4.69) is 20.3 Å². The molecule has 6 N–H and O–H groups in total. The van der Waals surface area contributed by atoms with Gasteiger partial charge in [-0.1, -0.05) is 0 Å². The van der Waals surface area contributed by atoms with Gasteiger partial charge in [-0.05, 0) is 30.2 Å². The number of aliphatic hydroxyl groups excluding tert-OH is 3. The fraction of sp³-hybridized carbons (Fsp3) is 0.421. The number of ether oxygens (including phenoxy) is 1. The summed E-state index contributed by atoms with van der Waals surface area (Å²) in [6, 6.07) is 4.73. The van der Waals surface area contributed by atoms with Gasteiger partial charge in [0.05, 0.1) is 12.9 Å². The van der Waals surface area contributed by atoms with E-state index in [1.807, 2.05) is 0 Å². The number of nitrogens with zero attached hydrogens (tertiary/aromatic N) is 4. The summed E-state index contributed by atoms with van der Waals surface area (Å²) in [6.07, 6.45) is -2.43. The van der Waals surface area contributed by atoms with Crippen molar-refractivity contribution < 1.29 is 24.4 Å². The third-order valence-electron chi connectivity index (χ3n) is 5.50. The molecule has 1 unspecified atom stereocenters. The van der Waals surface area contributed by atoms with Crippen molar-refractivity contribution >= 4 is 34.7 Å². The topological polar surface area (TPSA) is 152 Å². The molecule has 2 aliphatic rings. The first-order chi connectivity index (χ1) is 14.9. The third-order valence-corrected chi connectivity index (χ3v) is 6.78. The van der Waals surface area contributed by atoms with Gasteiger partial charge in [-0.15, -0.1) is 11.8 Å². The van der Waals surface area contributed by atoms with Crippen LogP contribution in [-0.4, -0.2) is 71.6 Å². The molecule has 12 heteroatoms. The van der Waals surface area contributed by atoms with Crippen LogP contribution in [0, 0.1) is 5.82 Å². The molecule has 1 aromatic carbocycles. The molecule has 0 spiro atoms. The number of rotatable bonds is 4. The van der Waals surface area contributed by atoms with E-state index in [0.29, 0.717) is 17.6 Å². The number of imidazole rings is 1. The summed E-state index contributed by atoms with van der Waals surface area (Å²) < 4.78 is 20.6. The van der Waals surface area contributed by atoms with E-state index in [4.69, 9.17) is 10.5 Å². The Morgan fingerprint density at radius 2 is 2.13 bits per heavy atom. The SMILES string of the molecule is Nc1nc(NC2CSc3ccc(F)cc3C2)nc2c1ncn2[C@@H]1O[C@H](CO)[C@@H](O)[C@H]1O. The minimum atomic E-state index is -1.27. The monoisotopic (exact) mass is 448 g/mol. The smallest absolute Gasteiger partial charge is 0.227 e. The van der Waals surface area contributed by atoms with E-state index in [0.717, 1.165) is 16.2 Å². The van der Waals surface area contributed by atoms with Crippen LogP contribution < -0.4 is 11.1 Å². The van der Waals surface area contributed by atoms with Gasteiger partial charge in [-0.2, -0.15) is 9.97 Å². The molecule has 4 heterocycles. The van der Waals surface area contributed by atoms with Gasteiger partial charge in [-0.25, -0.2) is 9.37 Å². The molecule has 0 amide bonds. The van der Waals surface area contributed by atoms with Crippen molar-refractivity contribution in [2.75, 3.05) is 23.4 Å². The molecule has 1 fully saturated rings. The number of nitrogens with two attached hydrogens (primary N) is 1. The number of aromatic nitrogens is 4. The molecule has 31 heavy (non-hydrogen) atoms. The fourth-order valence-corrected chi connectivity index (χ4v) is 5.01. The third kappa shape index (κ3) is 3.59. The van der Waals surface area contributed by atoms with Gasteiger partial charge in [0.25, 0.3) is 0 Å². The fourth-order valence-electron chi connectivity index (χ4n) is 3.94. The number of benzene rings is 1. The summed E-state index contributed by atoms with van der Waals surface area (Å²) in [4.78, 5) is 14.0. The molecule has 2 aromatic heterocycles. The standard InChI is InChI=1S/C19H21FN6O4S/c20-9-1-2-12-8(3-9)4-10(6-31-12)23-19-24-16(21)13-17(25-19)26(7-22-13)18-15(29)14(28)11(5-27)30-18/h1-3,7,10-11,14-15,18,27-29H,4-6H2,(H3,21,23,24,25)/t10?,11-,14-,15-,18-/m1/s1. The average molecular weight is 448 g/mol. The van der Waals surface area contributed by atoms with Crippen molar-refractivity contribution in [1.82, 2.24) is 19.5 Å². The summed E-state index contributed by atoms with van der Waals surface area (Å²) in [5.41, 5.74) is 7.63. The van der Waals surface area contributed by atoms with Gasteiger partial charge >= 0.3 is 0 Å². The largest absolute Gasteiger partial charge is 0.394 e. The minimum Gasteiger partial charge on any atom is -0.394 e. The van der Waals surface area contributed by atoms with Crippen molar-refractivity contribution in [3.05, 3.63) is 35.9 Å². The maximum atomic E-state index is 13.6. The number of fused-ring (bicyclic) bond motifs is 2. The van der Waals surface area contributed by atoms with Crippen LogP contribution in [0.2, 0.25) is 0 Å². The zero-order chi connectivity index (χ0) is 21.7. The van der Waals surface area contributed by atoms with Gasteiger partial charge in [0.15, 0.2) is 17.7 Å². The molecule has 164 valence electrons. The van der Waals surface area contributed by atoms with Crippen molar-refractivity contribution in [2.24, 2.45) is 0 Å². The molecule has 5 rings (SSSR count). The first-order valence-corrected chi connectivity index (χ1v) is 10.7. The number of halogens is 1. The summed E-state index contributed by atoms with van der Waals surface area (Å²) >= 11 is 1.62. The molecule has 5 atom stereocenters. The van der Waals surface area contributed by atoms with E-state index in [1.54, 1.807) is 17.8 Å². The highest BCUT2D eigenvalue weighted by Gasteiger charge is 2.44. The Labute approximate surface area is 180 Å². The van der Waals surface area contributed by atoms with Crippen LogP contribution in [0.1, 0.15) is 11.8 Å². The number of nitrogen functional groups attached to an aromatic ring is 1. The molecular weight excluding hydrogens is 427 g/mol. The second kappa shape index (κ2) is 7.88. The van der Waals surface area contributed by atoms with Crippen LogP contribution in [0.3, 0.4) is 0 Å². The lowest BCUT2D eigenvalue weighted by Gasteiger charge is -2.25. The van der Waals surface area contributed by atoms with Gasteiger partial charge in [0, 0.05) is 16.7 Å². The maximum Gasteiger partial charge on any atom is 0.227 e. The summed E-state index contributed by atoms with van der Waals surface area (Å²) in [6.45, 7) is -0.438. The van der Waals surface area contributed by atoms with Gasteiger partial charge in [0.2, 0.25) is 5.95 Å². The molecule has 2 aliphatic heterocycles. The van der Waals surface area contributed by atoms with E-state index in [-0.39, 0.29) is 23.6 Å². The average Bonchev–Trinajstić information content (AvgIpc) is 3.29. The number of hydrogen-bond donors (Lipinski definition) is 5. The number of thioether (sulfide) groups is 1. The second-order valence-corrected chi connectivity index (χ2v) is 8.66. The highest BCUT2D eigenvalue weighted by atomic mass is 32.2. The lowest BCUT2D eigenvalue weighted by atomic mass is 10.1. The first-order valence-electron chi connectivity index (χ1n) is 9.75. The Morgan fingerprint density at radius 3 is 2.90 bits per heavy atom. The van der Waals surface area contributed by atoms with Crippen molar-refractivity contribution in [1.29, 1.82) is 0 Å². The number of aliphatic hydroxyl groups is 3. The Balaban J connectivity index is 1.43. The van der Waals surface area contributed by atoms with E-state index < -0.39 is 31.1 Å². The van der Waals surface area contributed by atoms with Crippen molar-refractivity contribution in [3.63, 3.8) is 0 Å². The van der Waals surface area contributed by atoms with Crippen LogP contribution in [0.5, 0.6) is 0 Å². The van der Waals surface area contributed by atoms with Crippen LogP contribution >= 0.6 is 11.8 Å². The van der Waals surface area contributed by atoms with Crippen LogP contribution in [-0.2, 0) is 11.2 Å². The quantitative estimate of drug-likeness (QED) is 0.376. The van der Waals surface area contributed by atoms with E-state index >= 15 is 0 Å². The van der Waals surface area contributed by atoms with Gasteiger partial charge < -0.3 is 31.1 Å². The molecule has 1 saturated heterocycles. The summed E-state index contributed by atoms with van der Waals surface area (Å²) in [5.74, 6) is 0.884. The molecule has 10 nitrogen and oxygen atoms in total. The minimum absolute atomic E-state index is 0.0403. The number of anilines is 2. The molecule has 0 radical (unpaired) electrons. The highest BCUT2D eigenvalue weighted by molar-refractivity contribution is 7.99. The number of hydrogen-bond acceptors (Lipinski definition) is 10. The predicted molar refractivity (Wildman–Crippen MR) is 111 cm³/mol. The predicted octanol–water partition coefficient (Wildman–Crippen LogP) is 0.288. The van der Waals surface area contributed by atoms with Crippen molar-refractivity contribution in [3.8, 4) is 0 Å². The Kier molecular flexibility index (Phi) is 5.18. The normalized spacial score (nSPS) is 28.1. The van der Waals surface area contributed by atoms with E-state index in [1.165, 1.54) is 23.0 Å². The molecule has 0 aliphatic carbocycles. The lowest BCUT2D eigenvalue weighted by molar-refractivity contribution is -0.0511. The Hall–Kier alpha value is -2.51. The van der Waals surface area contributed by atoms with Crippen LogP contribution in [0.25, 0.3) is 11.2 Å². The summed E-state index contributed by atoms with van der Waals surface area (Å²) in [7, 11) is 0. The highest BCUT2D eigenvalue weighted by Crippen LogP contribution is 2.34.